The van der Waals surface area contributed by atoms with Gasteiger partial charge in [0.1, 0.15) is 5.82 Å². The van der Waals surface area contributed by atoms with Crippen molar-refractivity contribution in [1.82, 2.24) is 9.99 Å². The van der Waals surface area contributed by atoms with E-state index in [1.165, 1.54) is 0 Å². The quantitative estimate of drug-likeness (QED) is 0.558. The molecular weight excluding hydrogens is 338 g/mol. The molecule has 0 atom stereocenters. The summed E-state index contributed by atoms with van der Waals surface area (Å²) in [5.74, 6) is -0.407. The van der Waals surface area contributed by atoms with E-state index in [0.29, 0.717) is 27.5 Å². The molecule has 0 radical (unpaired) electrons. The number of nitrogens with zero attached hydrogens (tertiary/aromatic N) is 2. The molecule has 5 nitrogen and oxygen atoms in total. The number of hydrogen-bond donors (Lipinski definition) is 1. The van der Waals surface area contributed by atoms with Gasteiger partial charge in [0.15, 0.2) is 0 Å². The molecule has 0 aliphatic carbocycles. The van der Waals surface area contributed by atoms with Crippen molar-refractivity contribution in [1.29, 1.82) is 0 Å². The Balaban J connectivity index is 1.83. The first-order valence-electron chi connectivity index (χ1n) is 7.78. The molecule has 0 spiro atoms. The summed E-state index contributed by atoms with van der Waals surface area (Å²) in [6.45, 7) is 3.26. The highest BCUT2D eigenvalue weighted by Gasteiger charge is 2.34. The summed E-state index contributed by atoms with van der Waals surface area (Å²) < 4.78 is 0. The van der Waals surface area contributed by atoms with Gasteiger partial charge in [-0.3, -0.25) is 15.0 Å². The van der Waals surface area contributed by atoms with E-state index >= 15 is 0 Å². The van der Waals surface area contributed by atoms with Crippen molar-refractivity contribution in [2.24, 2.45) is 0 Å². The van der Waals surface area contributed by atoms with E-state index in [-0.39, 0.29) is 11.8 Å². The van der Waals surface area contributed by atoms with Crippen molar-refractivity contribution in [2.75, 3.05) is 5.43 Å². The van der Waals surface area contributed by atoms with E-state index in [0.717, 1.165) is 21.2 Å². The molecule has 1 N–H and O–H groups in total. The Morgan fingerprint density at radius 1 is 0.960 bits per heavy atom. The van der Waals surface area contributed by atoms with E-state index in [1.54, 1.807) is 19.9 Å². The minimum atomic E-state index is -0.376. The van der Waals surface area contributed by atoms with Crippen molar-refractivity contribution in [3.63, 3.8) is 0 Å². The zero-order chi connectivity index (χ0) is 17.7. The van der Waals surface area contributed by atoms with Crippen molar-refractivity contribution in [3.05, 3.63) is 58.6 Å². The van der Waals surface area contributed by atoms with Gasteiger partial charge in [-0.15, -0.1) is 0 Å². The molecule has 0 bridgehead atoms. The second kappa shape index (κ2) is 5.57. The van der Waals surface area contributed by atoms with Gasteiger partial charge in [0.2, 0.25) is 0 Å². The standard InChI is InChI=1S/C19H14ClN3O2/c1-10-11(2)19(25)23(18(10)24)22-16-9-15(20)14-8-7-12-5-3-4-6-13(12)17(14)21-16/h3-9H,1-2H3,(H,21,22). The number of pyridine rings is 1. The molecule has 1 aromatic heterocycles. The molecular formula is C19H14ClN3O2. The van der Waals surface area contributed by atoms with Crippen LogP contribution in [0.15, 0.2) is 53.6 Å². The Labute approximate surface area is 148 Å². The van der Waals surface area contributed by atoms with Crippen LogP contribution in [0.3, 0.4) is 0 Å². The number of anilines is 1. The van der Waals surface area contributed by atoms with Crippen molar-refractivity contribution >= 4 is 50.9 Å². The van der Waals surface area contributed by atoms with Crippen LogP contribution in [-0.2, 0) is 9.59 Å². The molecule has 124 valence electrons. The minimum Gasteiger partial charge on any atom is -0.271 e. The van der Waals surface area contributed by atoms with Gasteiger partial charge in [-0.1, -0.05) is 48.0 Å². The Morgan fingerprint density at radius 3 is 2.36 bits per heavy atom. The molecule has 6 heteroatoms. The van der Waals surface area contributed by atoms with Crippen LogP contribution in [0, 0.1) is 0 Å². The Morgan fingerprint density at radius 2 is 1.64 bits per heavy atom. The van der Waals surface area contributed by atoms with Crippen LogP contribution in [0.1, 0.15) is 13.8 Å². The molecule has 2 aromatic carbocycles. The van der Waals surface area contributed by atoms with Gasteiger partial charge in [0.05, 0.1) is 10.5 Å². The number of amides is 2. The van der Waals surface area contributed by atoms with E-state index in [4.69, 9.17) is 11.6 Å². The SMILES string of the molecule is CC1=C(C)C(=O)N(Nc2cc(Cl)c3ccc4ccccc4c3n2)C1=O. The molecule has 2 heterocycles. The maximum Gasteiger partial charge on any atom is 0.275 e. The van der Waals surface area contributed by atoms with Crippen molar-refractivity contribution in [2.45, 2.75) is 13.8 Å². The monoisotopic (exact) mass is 351 g/mol. The topological polar surface area (TPSA) is 62.3 Å². The summed E-state index contributed by atoms with van der Waals surface area (Å²) in [6, 6.07) is 13.4. The molecule has 0 fully saturated rings. The lowest BCUT2D eigenvalue weighted by Crippen LogP contribution is -2.37. The molecule has 4 rings (SSSR count). The number of halogens is 1. The van der Waals surface area contributed by atoms with Gasteiger partial charge in [-0.2, -0.15) is 5.01 Å². The third-order valence-electron chi connectivity index (χ3n) is 4.49. The highest BCUT2D eigenvalue weighted by molar-refractivity contribution is 6.36. The van der Waals surface area contributed by atoms with Crippen LogP contribution in [0.2, 0.25) is 5.02 Å². The maximum atomic E-state index is 12.2. The van der Waals surface area contributed by atoms with E-state index in [9.17, 15) is 9.59 Å². The maximum absolute atomic E-state index is 12.2. The van der Waals surface area contributed by atoms with Crippen LogP contribution >= 0.6 is 11.6 Å². The number of fused-ring (bicyclic) bond motifs is 3. The lowest BCUT2D eigenvalue weighted by Gasteiger charge is -2.17. The average Bonchev–Trinajstić information content (AvgIpc) is 2.79. The van der Waals surface area contributed by atoms with Gasteiger partial charge >= 0.3 is 0 Å². The van der Waals surface area contributed by atoms with Gasteiger partial charge < -0.3 is 0 Å². The predicted molar refractivity (Wildman–Crippen MR) is 98.1 cm³/mol. The Kier molecular flexibility index (Phi) is 3.47. The molecule has 0 saturated heterocycles. The number of hydrazine groups is 1. The van der Waals surface area contributed by atoms with Crippen LogP contribution < -0.4 is 5.43 Å². The highest BCUT2D eigenvalue weighted by Crippen LogP contribution is 2.31. The van der Waals surface area contributed by atoms with Crippen LogP contribution in [0.25, 0.3) is 21.7 Å². The van der Waals surface area contributed by atoms with Gasteiger partial charge in [0, 0.05) is 28.0 Å². The molecule has 3 aromatic rings. The first-order valence-corrected chi connectivity index (χ1v) is 8.16. The number of carbonyl (C=O) groups excluding carboxylic acids is 2. The number of nitrogens with one attached hydrogen (secondary N) is 1. The molecule has 0 saturated carbocycles. The summed E-state index contributed by atoms with van der Waals surface area (Å²) in [5, 5.41) is 4.28. The smallest absolute Gasteiger partial charge is 0.271 e. The average molecular weight is 352 g/mol. The summed E-state index contributed by atoms with van der Waals surface area (Å²) in [6.07, 6.45) is 0. The van der Waals surface area contributed by atoms with Gasteiger partial charge in [-0.25, -0.2) is 4.98 Å². The normalized spacial score (nSPS) is 14.9. The zero-order valence-corrected chi connectivity index (χ0v) is 14.4. The van der Waals surface area contributed by atoms with Crippen LogP contribution in [0.5, 0.6) is 0 Å². The second-order valence-corrected chi connectivity index (χ2v) is 6.39. The Bertz CT molecular complexity index is 1080. The first-order chi connectivity index (χ1) is 12.0. The number of benzene rings is 2. The fraction of sp³-hybridized carbons (Fsp3) is 0.105. The van der Waals surface area contributed by atoms with Gasteiger partial charge in [-0.05, 0) is 19.2 Å². The minimum absolute atomic E-state index is 0.345. The number of imide groups is 1. The number of carbonyl (C=O) groups is 2. The van der Waals surface area contributed by atoms with E-state index in [1.807, 2.05) is 36.4 Å². The molecule has 2 amide bonds. The molecule has 1 aliphatic heterocycles. The number of rotatable bonds is 2. The number of hydrogen-bond acceptors (Lipinski definition) is 4. The lowest BCUT2D eigenvalue weighted by atomic mass is 10.1. The van der Waals surface area contributed by atoms with Crippen LogP contribution in [0.4, 0.5) is 5.82 Å². The fourth-order valence-electron chi connectivity index (χ4n) is 2.94. The zero-order valence-electron chi connectivity index (χ0n) is 13.6. The summed E-state index contributed by atoms with van der Waals surface area (Å²) in [5.41, 5.74) is 4.36. The third-order valence-corrected chi connectivity index (χ3v) is 4.80. The van der Waals surface area contributed by atoms with E-state index in [2.05, 4.69) is 10.4 Å². The van der Waals surface area contributed by atoms with Crippen molar-refractivity contribution in [3.8, 4) is 0 Å². The highest BCUT2D eigenvalue weighted by atomic mass is 35.5. The Hall–Kier alpha value is -2.92. The molecule has 1 aliphatic rings. The summed E-state index contributed by atoms with van der Waals surface area (Å²) in [7, 11) is 0. The lowest BCUT2D eigenvalue weighted by molar-refractivity contribution is -0.135. The molecule has 0 unspecified atom stereocenters. The first kappa shape index (κ1) is 15.6. The third kappa shape index (κ3) is 2.36. The summed E-state index contributed by atoms with van der Waals surface area (Å²) >= 11 is 6.40. The molecule has 25 heavy (non-hydrogen) atoms. The largest absolute Gasteiger partial charge is 0.275 e. The predicted octanol–water partition coefficient (Wildman–Crippen LogP) is 4.07. The summed E-state index contributed by atoms with van der Waals surface area (Å²) in [4.78, 5) is 29.0. The van der Waals surface area contributed by atoms with Gasteiger partial charge in [0.25, 0.3) is 11.8 Å². The fourth-order valence-corrected chi connectivity index (χ4v) is 3.20. The van der Waals surface area contributed by atoms with Crippen LogP contribution in [-0.4, -0.2) is 21.8 Å². The van der Waals surface area contributed by atoms with E-state index < -0.39 is 0 Å². The van der Waals surface area contributed by atoms with Crippen molar-refractivity contribution < 1.29 is 9.59 Å². The second-order valence-electron chi connectivity index (χ2n) is 5.98. The number of aromatic nitrogens is 1.